The van der Waals surface area contributed by atoms with Gasteiger partial charge in [-0.05, 0) is 40.4 Å². The van der Waals surface area contributed by atoms with E-state index in [1.807, 2.05) is 27.7 Å². The number of ether oxygens (including phenoxy) is 1. The summed E-state index contributed by atoms with van der Waals surface area (Å²) in [4.78, 5) is 4.20. The van der Waals surface area contributed by atoms with Gasteiger partial charge in [0.05, 0.1) is 24.5 Å². The van der Waals surface area contributed by atoms with Gasteiger partial charge in [-0.25, -0.2) is 4.98 Å². The molecule has 0 aromatic carbocycles. The van der Waals surface area contributed by atoms with E-state index < -0.39 is 37.1 Å². The number of nitrogens with zero attached hydrogens (tertiary/aromatic N) is 2. The highest BCUT2D eigenvalue weighted by Crippen LogP contribution is 2.36. The van der Waals surface area contributed by atoms with Crippen LogP contribution in [-0.2, 0) is 14.0 Å². The minimum Gasteiger partial charge on any atom is -0.398 e. The van der Waals surface area contributed by atoms with Gasteiger partial charge < -0.3 is 18.6 Å². The van der Waals surface area contributed by atoms with Crippen molar-refractivity contribution >= 4 is 12.7 Å². The first kappa shape index (κ1) is 9.23. The van der Waals surface area contributed by atoms with Gasteiger partial charge in [-0.1, -0.05) is 0 Å². The highest BCUT2D eigenvalue weighted by molar-refractivity contribution is 6.61. The molecule has 1 aromatic rings. The number of aromatic nitrogens is 2. The summed E-state index contributed by atoms with van der Waals surface area (Å²) >= 11 is 0. The summed E-state index contributed by atoms with van der Waals surface area (Å²) in [5, 5.41) is 0. The van der Waals surface area contributed by atoms with Gasteiger partial charge in [0.15, 0.2) is 0 Å². The first-order chi connectivity index (χ1) is 11.2. The van der Waals surface area contributed by atoms with E-state index in [1.54, 1.807) is 0 Å². The summed E-state index contributed by atoms with van der Waals surface area (Å²) in [6.45, 7) is 6.91. The fourth-order valence-electron chi connectivity index (χ4n) is 2.08. The maximum atomic E-state index is 8.62. The minimum absolute atomic E-state index is 0.361. The third-order valence-electron chi connectivity index (χ3n) is 4.04. The average Bonchev–Trinajstić information content (AvgIpc) is 2.99. The van der Waals surface area contributed by atoms with Gasteiger partial charge in [0.25, 0.3) is 0 Å². The van der Waals surface area contributed by atoms with E-state index in [1.165, 1.54) is 12.5 Å². The first-order valence-electron chi connectivity index (χ1n) is 9.21. The summed E-state index contributed by atoms with van der Waals surface area (Å²) in [7, 11) is -0.758. The molecule has 3 heterocycles. The molecule has 1 aromatic heterocycles. The van der Waals surface area contributed by atoms with Crippen LogP contribution in [0, 0.1) is 0 Å². The fraction of sp³-hybridized carbons (Fsp3) is 0.786. The molecule has 0 N–H and O–H groups in total. The largest absolute Gasteiger partial charge is 0.516 e. The van der Waals surface area contributed by atoms with Crippen LogP contribution in [0.5, 0.6) is 0 Å². The third kappa shape index (κ3) is 2.40. The Bertz CT molecular complexity index is 647. The summed E-state index contributed by atoms with van der Waals surface area (Å²) in [5.41, 5.74) is -0.729. The van der Waals surface area contributed by atoms with Crippen LogP contribution >= 0.6 is 0 Å². The number of rotatable bonds is 2. The zero-order valence-corrected chi connectivity index (χ0v) is 12.3. The van der Waals surface area contributed by atoms with Gasteiger partial charge in [-0.2, -0.15) is 0 Å². The van der Waals surface area contributed by atoms with Crippen molar-refractivity contribution < 1.29 is 20.9 Å². The number of hydrogen-bond acceptors (Lipinski definition) is 4. The lowest BCUT2D eigenvalue weighted by molar-refractivity contribution is 0.00578. The highest BCUT2D eigenvalue weighted by atomic mass is 16.7. The summed E-state index contributed by atoms with van der Waals surface area (Å²) in [5.74, 6) is 0. The van der Waals surface area contributed by atoms with Crippen molar-refractivity contribution in [2.75, 3.05) is 13.2 Å². The van der Waals surface area contributed by atoms with Crippen molar-refractivity contribution in [2.45, 2.75) is 57.7 Å². The highest BCUT2D eigenvalue weighted by Gasteiger charge is 2.52. The summed E-state index contributed by atoms with van der Waals surface area (Å²) in [6.07, 6.45) is -1.78. The van der Waals surface area contributed by atoms with E-state index in [0.29, 0.717) is 5.59 Å². The molecule has 2 aliphatic rings. The summed E-state index contributed by atoms with van der Waals surface area (Å²) in [6, 6.07) is -2.22. The van der Waals surface area contributed by atoms with Gasteiger partial charge in [-0.3, -0.25) is 0 Å². The normalized spacial score (nSPS) is 36.4. The Morgan fingerprint density at radius 1 is 1.30 bits per heavy atom. The Hall–Kier alpha value is -0.845. The molecule has 0 spiro atoms. The molecule has 2 aliphatic heterocycles. The topological polar surface area (TPSA) is 45.5 Å². The molecule has 0 radical (unpaired) electrons. The second-order valence-corrected chi connectivity index (χ2v) is 5.99. The maximum Gasteiger partial charge on any atom is 0.516 e. The van der Waals surface area contributed by atoms with Crippen LogP contribution < -0.4 is 5.59 Å². The molecule has 0 unspecified atom stereocenters. The van der Waals surface area contributed by atoms with E-state index in [2.05, 4.69) is 4.98 Å². The van der Waals surface area contributed by atoms with Crippen LogP contribution in [-0.4, -0.2) is 41.1 Å². The molecule has 0 bridgehead atoms. The van der Waals surface area contributed by atoms with Crippen molar-refractivity contribution in [2.24, 2.45) is 0 Å². The lowest BCUT2D eigenvalue weighted by atomic mass is 9.86. The second-order valence-electron chi connectivity index (χ2n) is 5.99. The van der Waals surface area contributed by atoms with E-state index in [4.69, 9.17) is 20.9 Å². The molecule has 6 heteroatoms. The Morgan fingerprint density at radius 3 is 2.50 bits per heavy atom. The maximum absolute atomic E-state index is 8.62. The Morgan fingerprint density at radius 2 is 1.90 bits per heavy atom. The van der Waals surface area contributed by atoms with Gasteiger partial charge in [0.1, 0.15) is 0 Å². The zero-order chi connectivity index (χ0) is 18.9. The molecule has 5 nitrogen and oxygen atoms in total. The van der Waals surface area contributed by atoms with Crippen molar-refractivity contribution in [3.8, 4) is 0 Å². The standard InChI is InChI=1S/C14H23BN2O3/c1-13(2)14(3,4)20-15(19-13)12-9-17(10-16-12)11-5-7-18-8-6-11/h9-11H,5-8H2,1-4H3/i5D2,6D2,11D. The van der Waals surface area contributed by atoms with Crippen molar-refractivity contribution in [1.29, 1.82) is 0 Å². The Kier molecular flexibility index (Phi) is 2.24. The second kappa shape index (κ2) is 4.86. The molecule has 110 valence electrons. The number of imidazole rings is 1. The van der Waals surface area contributed by atoms with Crippen molar-refractivity contribution in [3.05, 3.63) is 12.5 Å². The van der Waals surface area contributed by atoms with E-state index in [-0.39, 0.29) is 13.2 Å². The smallest absolute Gasteiger partial charge is 0.398 e. The molecule has 2 saturated heterocycles. The molecule has 0 amide bonds. The van der Waals surface area contributed by atoms with Gasteiger partial charge in [0.2, 0.25) is 0 Å². The molecular weight excluding hydrogens is 255 g/mol. The van der Waals surface area contributed by atoms with Crippen molar-refractivity contribution in [3.63, 3.8) is 0 Å². The first-order valence-corrected chi connectivity index (χ1v) is 6.71. The molecule has 0 aliphatic carbocycles. The van der Waals surface area contributed by atoms with E-state index >= 15 is 0 Å². The molecule has 2 fully saturated rings. The monoisotopic (exact) mass is 283 g/mol. The summed E-state index contributed by atoms with van der Waals surface area (Å²) < 4.78 is 59.1. The fourth-order valence-corrected chi connectivity index (χ4v) is 2.08. The average molecular weight is 283 g/mol. The zero-order valence-electron chi connectivity index (χ0n) is 17.3. The van der Waals surface area contributed by atoms with Crippen LogP contribution in [0.1, 0.15) is 53.3 Å². The molecule has 0 atom stereocenters. The van der Waals surface area contributed by atoms with Crippen LogP contribution in [0.3, 0.4) is 0 Å². The van der Waals surface area contributed by atoms with Gasteiger partial charge in [0, 0.05) is 30.9 Å². The third-order valence-corrected chi connectivity index (χ3v) is 4.04. The van der Waals surface area contributed by atoms with Crippen LogP contribution in [0.4, 0.5) is 0 Å². The number of hydrogen-bond donors (Lipinski definition) is 0. The lowest BCUT2D eigenvalue weighted by Gasteiger charge is -2.32. The van der Waals surface area contributed by atoms with E-state index in [0.717, 1.165) is 4.57 Å². The van der Waals surface area contributed by atoms with Crippen molar-refractivity contribution in [1.82, 2.24) is 9.55 Å². The Balaban J connectivity index is 1.96. The SMILES string of the molecule is [2H]C1([2H])COCC([2H])([2H])C1([2H])n1cnc(B2OC(C)(C)C(C)(C)O2)c1. The van der Waals surface area contributed by atoms with E-state index in [9.17, 15) is 0 Å². The predicted molar refractivity (Wildman–Crippen MR) is 77.0 cm³/mol. The molecule has 20 heavy (non-hydrogen) atoms. The van der Waals surface area contributed by atoms with Crippen LogP contribution in [0.25, 0.3) is 0 Å². The lowest BCUT2D eigenvalue weighted by Crippen LogP contribution is -2.41. The molecule has 3 rings (SSSR count). The van der Waals surface area contributed by atoms with Gasteiger partial charge >= 0.3 is 7.12 Å². The van der Waals surface area contributed by atoms with Crippen LogP contribution in [0.15, 0.2) is 12.5 Å². The predicted octanol–water partition coefficient (Wildman–Crippen LogP) is 1.53. The Labute approximate surface area is 127 Å². The molecule has 0 saturated carbocycles. The van der Waals surface area contributed by atoms with Crippen LogP contribution in [0.2, 0.25) is 0 Å². The molecular formula is C14H23BN2O3. The minimum atomic E-state index is -2.23. The quantitative estimate of drug-likeness (QED) is 0.772. The van der Waals surface area contributed by atoms with Gasteiger partial charge in [-0.15, -0.1) is 0 Å².